The van der Waals surface area contributed by atoms with Crippen molar-refractivity contribution < 1.29 is 13.6 Å². The molecule has 1 N–H and O–H groups in total. The van der Waals surface area contributed by atoms with Gasteiger partial charge in [0.1, 0.15) is 11.6 Å². The zero-order chi connectivity index (χ0) is 14.7. The van der Waals surface area contributed by atoms with Gasteiger partial charge in [-0.15, -0.1) is 0 Å². The van der Waals surface area contributed by atoms with Crippen molar-refractivity contribution in [2.24, 2.45) is 0 Å². The van der Waals surface area contributed by atoms with E-state index in [9.17, 15) is 13.6 Å². The summed E-state index contributed by atoms with van der Waals surface area (Å²) >= 11 is 3.35. The molecule has 2 rings (SSSR count). The minimum Gasteiger partial charge on any atom is -0.325 e. The van der Waals surface area contributed by atoms with Crippen LogP contribution in [0.5, 0.6) is 0 Å². The van der Waals surface area contributed by atoms with Crippen molar-refractivity contribution in [1.82, 2.24) is 0 Å². The number of rotatable bonds is 3. The van der Waals surface area contributed by atoms with Gasteiger partial charge in [-0.1, -0.05) is 12.1 Å². The molecule has 0 bridgehead atoms. The molecule has 1 amide bonds. The summed E-state index contributed by atoms with van der Waals surface area (Å²) in [5.41, 5.74) is 1.83. The van der Waals surface area contributed by atoms with E-state index in [1.54, 1.807) is 6.07 Å². The fourth-order valence-electron chi connectivity index (χ4n) is 1.75. The summed E-state index contributed by atoms with van der Waals surface area (Å²) in [6.45, 7) is 1.93. The Balaban J connectivity index is 2.09. The van der Waals surface area contributed by atoms with Crippen molar-refractivity contribution in [3.63, 3.8) is 0 Å². The number of amides is 1. The molecule has 0 aliphatic heterocycles. The average molecular weight is 340 g/mol. The van der Waals surface area contributed by atoms with E-state index in [2.05, 4.69) is 21.2 Å². The zero-order valence-electron chi connectivity index (χ0n) is 10.7. The number of anilines is 1. The van der Waals surface area contributed by atoms with Crippen LogP contribution in [-0.4, -0.2) is 5.91 Å². The summed E-state index contributed by atoms with van der Waals surface area (Å²) < 4.78 is 27.0. The first-order chi connectivity index (χ1) is 9.45. The van der Waals surface area contributed by atoms with Gasteiger partial charge < -0.3 is 5.32 Å². The second-order valence-corrected chi connectivity index (χ2v) is 5.30. The highest BCUT2D eigenvalue weighted by molar-refractivity contribution is 9.10. The lowest BCUT2D eigenvalue weighted by atomic mass is 10.1. The van der Waals surface area contributed by atoms with Crippen LogP contribution >= 0.6 is 15.9 Å². The van der Waals surface area contributed by atoms with Gasteiger partial charge in [-0.05, 0) is 52.2 Å². The maximum atomic E-state index is 13.5. The molecule has 0 heterocycles. The smallest absolute Gasteiger partial charge is 0.228 e. The predicted octanol–water partition coefficient (Wildman–Crippen LogP) is 4.22. The van der Waals surface area contributed by atoms with Crippen molar-refractivity contribution in [2.75, 3.05) is 5.32 Å². The topological polar surface area (TPSA) is 29.1 Å². The summed E-state index contributed by atoms with van der Waals surface area (Å²) in [7, 11) is 0. The Kier molecular flexibility index (Phi) is 4.49. The van der Waals surface area contributed by atoms with E-state index < -0.39 is 11.6 Å². The summed E-state index contributed by atoms with van der Waals surface area (Å²) in [4.78, 5) is 11.9. The Hall–Kier alpha value is -1.75. The van der Waals surface area contributed by atoms with Crippen LogP contribution in [0.4, 0.5) is 14.5 Å². The molecule has 0 fully saturated rings. The summed E-state index contributed by atoms with van der Waals surface area (Å²) in [5, 5.41) is 2.68. The number of carbonyl (C=O) groups excluding carboxylic acids is 1. The molecule has 104 valence electrons. The van der Waals surface area contributed by atoms with E-state index in [-0.39, 0.29) is 17.9 Å². The van der Waals surface area contributed by atoms with E-state index in [0.717, 1.165) is 22.2 Å². The number of hydrogen-bond donors (Lipinski definition) is 1. The Morgan fingerprint density at radius 2 is 1.95 bits per heavy atom. The standard InChI is InChI=1S/C15H12BrF2NO/c1-9-2-5-14(12(16)6-9)19-15(20)7-10-3-4-11(17)8-13(10)18/h2-6,8H,7H2,1H3,(H,19,20). The highest BCUT2D eigenvalue weighted by Crippen LogP contribution is 2.23. The van der Waals surface area contributed by atoms with Crippen LogP contribution in [0.3, 0.4) is 0 Å². The first kappa shape index (κ1) is 14.7. The molecule has 0 aromatic heterocycles. The van der Waals surface area contributed by atoms with Gasteiger partial charge in [0.15, 0.2) is 0 Å². The van der Waals surface area contributed by atoms with E-state index in [1.807, 2.05) is 19.1 Å². The molecular weight excluding hydrogens is 328 g/mol. The minimum absolute atomic E-state index is 0.146. The molecule has 2 nitrogen and oxygen atoms in total. The van der Waals surface area contributed by atoms with Crippen LogP contribution in [0.25, 0.3) is 0 Å². The van der Waals surface area contributed by atoms with E-state index in [0.29, 0.717) is 5.69 Å². The summed E-state index contributed by atoms with van der Waals surface area (Å²) in [5.74, 6) is -1.74. The monoisotopic (exact) mass is 339 g/mol. The Labute approximate surface area is 123 Å². The molecule has 5 heteroatoms. The lowest BCUT2D eigenvalue weighted by Crippen LogP contribution is -2.15. The van der Waals surface area contributed by atoms with Crippen LogP contribution < -0.4 is 5.32 Å². The lowest BCUT2D eigenvalue weighted by Gasteiger charge is -2.08. The van der Waals surface area contributed by atoms with E-state index in [1.165, 1.54) is 6.07 Å². The van der Waals surface area contributed by atoms with Crippen LogP contribution in [0.1, 0.15) is 11.1 Å². The zero-order valence-corrected chi connectivity index (χ0v) is 12.3. The molecule has 0 radical (unpaired) electrons. The van der Waals surface area contributed by atoms with E-state index in [4.69, 9.17) is 0 Å². The van der Waals surface area contributed by atoms with Gasteiger partial charge in [-0.2, -0.15) is 0 Å². The molecule has 20 heavy (non-hydrogen) atoms. The van der Waals surface area contributed by atoms with Crippen molar-refractivity contribution in [3.8, 4) is 0 Å². The average Bonchev–Trinajstić information content (AvgIpc) is 2.36. The number of halogens is 3. The number of carbonyl (C=O) groups is 1. The maximum absolute atomic E-state index is 13.5. The molecule has 2 aromatic carbocycles. The minimum atomic E-state index is -0.719. The Morgan fingerprint density at radius 1 is 1.20 bits per heavy atom. The van der Waals surface area contributed by atoms with Crippen LogP contribution in [0.15, 0.2) is 40.9 Å². The highest BCUT2D eigenvalue weighted by Gasteiger charge is 2.10. The third kappa shape index (κ3) is 3.63. The molecule has 0 saturated carbocycles. The van der Waals surface area contributed by atoms with Gasteiger partial charge in [-0.3, -0.25) is 4.79 Å². The lowest BCUT2D eigenvalue weighted by molar-refractivity contribution is -0.115. The van der Waals surface area contributed by atoms with Gasteiger partial charge in [0.2, 0.25) is 5.91 Å². The number of nitrogens with one attached hydrogen (secondary N) is 1. The predicted molar refractivity (Wildman–Crippen MR) is 77.6 cm³/mol. The van der Waals surface area contributed by atoms with Crippen LogP contribution in [-0.2, 0) is 11.2 Å². The van der Waals surface area contributed by atoms with Crippen molar-refractivity contribution in [1.29, 1.82) is 0 Å². The maximum Gasteiger partial charge on any atom is 0.228 e. The normalized spacial score (nSPS) is 10.4. The first-order valence-corrected chi connectivity index (χ1v) is 6.75. The van der Waals surface area contributed by atoms with Crippen LogP contribution in [0.2, 0.25) is 0 Å². The molecule has 0 atom stereocenters. The second kappa shape index (κ2) is 6.13. The van der Waals surface area contributed by atoms with Crippen molar-refractivity contribution >= 4 is 27.5 Å². The molecule has 0 aliphatic rings. The van der Waals surface area contributed by atoms with Gasteiger partial charge in [-0.25, -0.2) is 8.78 Å². The first-order valence-electron chi connectivity index (χ1n) is 5.95. The van der Waals surface area contributed by atoms with Crippen molar-refractivity contribution in [2.45, 2.75) is 13.3 Å². The van der Waals surface area contributed by atoms with Gasteiger partial charge in [0.25, 0.3) is 0 Å². The molecule has 0 saturated heterocycles. The molecule has 0 unspecified atom stereocenters. The molecule has 0 aliphatic carbocycles. The van der Waals surface area contributed by atoms with Gasteiger partial charge >= 0.3 is 0 Å². The largest absolute Gasteiger partial charge is 0.325 e. The second-order valence-electron chi connectivity index (χ2n) is 4.44. The molecule has 2 aromatic rings. The van der Waals surface area contributed by atoms with Crippen LogP contribution in [0, 0.1) is 18.6 Å². The highest BCUT2D eigenvalue weighted by atomic mass is 79.9. The fourth-order valence-corrected chi connectivity index (χ4v) is 2.35. The third-order valence-corrected chi connectivity index (χ3v) is 3.42. The number of hydrogen-bond acceptors (Lipinski definition) is 1. The summed E-state index contributed by atoms with van der Waals surface area (Å²) in [6, 6.07) is 8.66. The van der Waals surface area contributed by atoms with E-state index >= 15 is 0 Å². The molecular formula is C15H12BrF2NO. The Morgan fingerprint density at radius 3 is 2.60 bits per heavy atom. The summed E-state index contributed by atoms with van der Waals surface area (Å²) in [6.07, 6.45) is -0.146. The number of aryl methyl sites for hydroxylation is 1. The van der Waals surface area contributed by atoms with Crippen molar-refractivity contribution in [3.05, 3.63) is 63.6 Å². The molecule has 0 spiro atoms. The Bertz CT molecular complexity index is 603. The van der Waals surface area contributed by atoms with Gasteiger partial charge in [0.05, 0.1) is 12.1 Å². The third-order valence-electron chi connectivity index (χ3n) is 2.76. The quantitative estimate of drug-likeness (QED) is 0.891. The van der Waals surface area contributed by atoms with Gasteiger partial charge in [0, 0.05) is 10.5 Å². The SMILES string of the molecule is Cc1ccc(NC(=O)Cc2ccc(F)cc2F)c(Br)c1. The fraction of sp³-hybridized carbons (Fsp3) is 0.133. The number of benzene rings is 2.